The van der Waals surface area contributed by atoms with Crippen LogP contribution in [0.2, 0.25) is 0 Å². The molecule has 0 aliphatic carbocycles. The van der Waals surface area contributed by atoms with Gasteiger partial charge < -0.3 is 0 Å². The first kappa shape index (κ1) is 10.7. The van der Waals surface area contributed by atoms with Gasteiger partial charge in [-0.2, -0.15) is 0 Å². The maximum absolute atomic E-state index is 3.28. The Morgan fingerprint density at radius 3 is 3.00 bits per heavy atom. The number of rotatable bonds is 5. The number of unbranched alkanes of at least 4 members (excludes halogenated alkanes) is 3. The van der Waals surface area contributed by atoms with Crippen LogP contribution in [0.15, 0.2) is 23.6 Å². The minimum Gasteiger partial charge on any atom is -0.143 e. The molecule has 2 rings (SSSR count). The van der Waals surface area contributed by atoms with Crippen molar-refractivity contribution in [2.75, 3.05) is 0 Å². The molecule has 0 amide bonds. The van der Waals surface area contributed by atoms with Crippen LogP contribution in [0.25, 0.3) is 10.1 Å². The fraction of sp³-hybridized carbons (Fsp3) is 0.429. The summed E-state index contributed by atoms with van der Waals surface area (Å²) in [5.74, 6) is 0. The highest BCUT2D eigenvalue weighted by molar-refractivity contribution is 7.17. The minimum absolute atomic E-state index is 1.23. The van der Waals surface area contributed by atoms with Crippen LogP contribution < -0.4 is 0 Å². The molecule has 0 N–H and O–H groups in total. The molecular formula is C14H17S. The lowest BCUT2D eigenvalue weighted by molar-refractivity contribution is 0.668. The van der Waals surface area contributed by atoms with E-state index in [0.717, 1.165) is 0 Å². The summed E-state index contributed by atoms with van der Waals surface area (Å²) in [6, 6.07) is 9.85. The summed E-state index contributed by atoms with van der Waals surface area (Å²) in [5, 5.41) is 3.35. The highest BCUT2D eigenvalue weighted by Crippen LogP contribution is 2.25. The van der Waals surface area contributed by atoms with Crippen LogP contribution in [0, 0.1) is 6.07 Å². The third-order valence-corrected chi connectivity index (χ3v) is 3.74. The number of hydrogen-bond donors (Lipinski definition) is 0. The lowest BCUT2D eigenvalue weighted by Crippen LogP contribution is -1.85. The van der Waals surface area contributed by atoms with Gasteiger partial charge in [-0.25, -0.2) is 0 Å². The molecule has 0 aliphatic rings. The highest BCUT2D eigenvalue weighted by atomic mass is 32.1. The average molecular weight is 217 g/mol. The van der Waals surface area contributed by atoms with Crippen LogP contribution in [0.3, 0.4) is 0 Å². The molecule has 0 fully saturated rings. The van der Waals surface area contributed by atoms with Crippen molar-refractivity contribution in [1.82, 2.24) is 0 Å². The van der Waals surface area contributed by atoms with Gasteiger partial charge >= 0.3 is 0 Å². The molecule has 1 heteroatoms. The van der Waals surface area contributed by atoms with E-state index < -0.39 is 0 Å². The Kier molecular flexibility index (Phi) is 3.79. The monoisotopic (exact) mass is 217 g/mol. The Hall–Kier alpha value is -0.820. The molecular weight excluding hydrogens is 200 g/mol. The van der Waals surface area contributed by atoms with Crippen LogP contribution in [-0.4, -0.2) is 0 Å². The van der Waals surface area contributed by atoms with E-state index in [9.17, 15) is 0 Å². The van der Waals surface area contributed by atoms with Gasteiger partial charge in [-0.3, -0.25) is 0 Å². The summed E-state index contributed by atoms with van der Waals surface area (Å²) >= 11 is 1.82. The standard InChI is InChI=1S/C14H17S/c1-2-3-4-5-7-12-8-6-9-13-10-11-15-14(12)13/h6,8-9,11H,2-5,7H2,1H3. The number of benzene rings is 1. The maximum Gasteiger partial charge on any atom is 0.0381 e. The van der Waals surface area contributed by atoms with Crippen molar-refractivity contribution in [2.24, 2.45) is 0 Å². The van der Waals surface area contributed by atoms with Gasteiger partial charge in [0.2, 0.25) is 0 Å². The van der Waals surface area contributed by atoms with Crippen LogP contribution in [-0.2, 0) is 6.42 Å². The van der Waals surface area contributed by atoms with E-state index in [0.29, 0.717) is 0 Å². The fourth-order valence-corrected chi connectivity index (χ4v) is 2.81. The first-order chi connectivity index (χ1) is 7.42. The normalized spacial score (nSPS) is 11.0. The molecule has 0 atom stereocenters. The molecule has 0 spiro atoms. The quantitative estimate of drug-likeness (QED) is 0.630. The molecule has 1 radical (unpaired) electrons. The first-order valence-electron chi connectivity index (χ1n) is 5.78. The van der Waals surface area contributed by atoms with Crippen molar-refractivity contribution >= 4 is 21.4 Å². The third kappa shape index (κ3) is 2.60. The smallest absolute Gasteiger partial charge is 0.0381 e. The molecule has 1 heterocycles. The van der Waals surface area contributed by atoms with Gasteiger partial charge in [0, 0.05) is 16.2 Å². The second-order valence-corrected chi connectivity index (χ2v) is 4.86. The van der Waals surface area contributed by atoms with Crippen molar-refractivity contribution in [3.05, 3.63) is 35.2 Å². The van der Waals surface area contributed by atoms with E-state index in [1.807, 2.05) is 11.3 Å². The third-order valence-electron chi connectivity index (χ3n) is 2.79. The molecule has 0 unspecified atom stereocenters. The first-order valence-corrected chi connectivity index (χ1v) is 6.66. The second-order valence-electron chi connectivity index (χ2n) is 3.98. The largest absolute Gasteiger partial charge is 0.143 e. The van der Waals surface area contributed by atoms with E-state index in [1.165, 1.54) is 47.8 Å². The van der Waals surface area contributed by atoms with Crippen LogP contribution in [0.5, 0.6) is 0 Å². The Bertz CT molecular complexity index is 414. The van der Waals surface area contributed by atoms with E-state index in [1.54, 1.807) is 0 Å². The lowest BCUT2D eigenvalue weighted by atomic mass is 10.1. The van der Waals surface area contributed by atoms with Gasteiger partial charge in [0.05, 0.1) is 0 Å². The summed E-state index contributed by atoms with van der Waals surface area (Å²) in [5.41, 5.74) is 1.51. The van der Waals surface area contributed by atoms with E-state index in [4.69, 9.17) is 0 Å². The predicted octanol–water partition coefficient (Wildman–Crippen LogP) is 4.82. The number of aryl methyl sites for hydroxylation is 1. The van der Waals surface area contributed by atoms with Gasteiger partial charge in [0.1, 0.15) is 0 Å². The Labute approximate surface area is 95.9 Å². The highest BCUT2D eigenvalue weighted by Gasteiger charge is 2.01. The van der Waals surface area contributed by atoms with Gasteiger partial charge in [-0.15, -0.1) is 11.3 Å². The zero-order valence-corrected chi connectivity index (χ0v) is 10.1. The van der Waals surface area contributed by atoms with Crippen molar-refractivity contribution in [3.63, 3.8) is 0 Å². The summed E-state index contributed by atoms with van der Waals surface area (Å²) in [7, 11) is 0. The molecule has 79 valence electrons. The zero-order valence-electron chi connectivity index (χ0n) is 9.25. The van der Waals surface area contributed by atoms with Crippen molar-refractivity contribution in [1.29, 1.82) is 0 Å². The number of hydrogen-bond acceptors (Lipinski definition) is 1. The van der Waals surface area contributed by atoms with Crippen molar-refractivity contribution in [2.45, 2.75) is 39.0 Å². The fourth-order valence-electron chi connectivity index (χ4n) is 1.93. The number of thiophene rings is 1. The zero-order chi connectivity index (χ0) is 10.5. The van der Waals surface area contributed by atoms with E-state index in [-0.39, 0.29) is 0 Å². The number of fused-ring (bicyclic) bond motifs is 1. The molecule has 2 aromatic rings. The molecule has 15 heavy (non-hydrogen) atoms. The van der Waals surface area contributed by atoms with Crippen LogP contribution in [0.4, 0.5) is 0 Å². The average Bonchev–Trinajstić information content (AvgIpc) is 2.73. The van der Waals surface area contributed by atoms with Gasteiger partial charge in [0.15, 0.2) is 0 Å². The second kappa shape index (κ2) is 5.32. The van der Waals surface area contributed by atoms with E-state index in [2.05, 4.69) is 36.6 Å². The molecule has 0 saturated heterocycles. The van der Waals surface area contributed by atoms with Gasteiger partial charge in [-0.1, -0.05) is 44.4 Å². The summed E-state index contributed by atoms with van der Waals surface area (Å²) in [6.45, 7) is 2.26. The maximum atomic E-state index is 3.28. The van der Waals surface area contributed by atoms with Gasteiger partial charge in [-0.05, 0) is 23.8 Å². The molecule has 0 aliphatic heterocycles. The Morgan fingerprint density at radius 1 is 1.20 bits per heavy atom. The molecule has 1 aromatic heterocycles. The molecule has 0 saturated carbocycles. The topological polar surface area (TPSA) is 0 Å². The van der Waals surface area contributed by atoms with Crippen LogP contribution >= 0.6 is 11.3 Å². The summed E-state index contributed by atoms with van der Waals surface area (Å²) < 4.78 is 1.44. The van der Waals surface area contributed by atoms with Crippen molar-refractivity contribution < 1.29 is 0 Å². The van der Waals surface area contributed by atoms with Crippen molar-refractivity contribution in [3.8, 4) is 0 Å². The minimum atomic E-state index is 1.23. The predicted molar refractivity (Wildman–Crippen MR) is 68.5 cm³/mol. The molecule has 1 aromatic carbocycles. The van der Waals surface area contributed by atoms with Gasteiger partial charge in [0.25, 0.3) is 0 Å². The Morgan fingerprint density at radius 2 is 2.13 bits per heavy atom. The Balaban J connectivity index is 2.04. The summed E-state index contributed by atoms with van der Waals surface area (Å²) in [4.78, 5) is 0. The van der Waals surface area contributed by atoms with E-state index >= 15 is 0 Å². The SMILES string of the molecule is CCCCCCc1cccc2[c]csc12. The lowest BCUT2D eigenvalue weighted by Gasteiger charge is -2.02. The summed E-state index contributed by atoms with van der Waals surface area (Å²) in [6.07, 6.45) is 6.60. The van der Waals surface area contributed by atoms with Crippen LogP contribution in [0.1, 0.15) is 38.2 Å². The molecule has 0 nitrogen and oxygen atoms in total. The molecule has 0 bridgehead atoms.